The lowest BCUT2D eigenvalue weighted by atomic mass is 10.1. The summed E-state index contributed by atoms with van der Waals surface area (Å²) < 4.78 is 10.3. The van der Waals surface area contributed by atoms with Crippen LogP contribution in [0, 0.1) is 12.3 Å². The Bertz CT molecular complexity index is 374. The fraction of sp³-hybridized carbons (Fsp3) is 0.714. The number of ether oxygens (including phenoxy) is 2. The second-order valence-electron chi connectivity index (χ2n) is 5.75. The lowest BCUT2D eigenvalue weighted by Gasteiger charge is -2.28. The van der Waals surface area contributed by atoms with E-state index >= 15 is 0 Å². The Morgan fingerprint density at radius 3 is 1.95 bits per heavy atom. The van der Waals surface area contributed by atoms with Gasteiger partial charge in [-0.05, 0) is 41.0 Å². The average Bonchev–Trinajstić information content (AvgIpc) is 2.22. The minimum Gasteiger partial charge on any atom is -0.443 e. The molecule has 0 spiro atoms. The molecule has 0 N–H and O–H groups in total. The molecule has 0 atom stereocenters. The molecule has 5 heteroatoms. The Morgan fingerprint density at radius 1 is 1.11 bits per heavy atom. The van der Waals surface area contributed by atoms with Crippen LogP contribution in [-0.4, -0.2) is 34.8 Å². The standard InChI is InChI=1S/C14H23NO4/c1-8-10-15(11(16)18-13(3,4)5)12(17)19-14(6,7)9-2/h1H,9-10H2,2-7H3. The van der Waals surface area contributed by atoms with Crippen LogP contribution in [0.4, 0.5) is 9.59 Å². The van der Waals surface area contributed by atoms with Gasteiger partial charge in [0, 0.05) is 0 Å². The molecule has 0 radical (unpaired) electrons. The van der Waals surface area contributed by atoms with Crippen molar-refractivity contribution in [2.45, 2.75) is 59.2 Å². The van der Waals surface area contributed by atoms with Crippen LogP contribution in [-0.2, 0) is 9.47 Å². The van der Waals surface area contributed by atoms with E-state index in [1.807, 2.05) is 6.92 Å². The van der Waals surface area contributed by atoms with Gasteiger partial charge in [0.1, 0.15) is 11.2 Å². The average molecular weight is 269 g/mol. The third-order valence-electron chi connectivity index (χ3n) is 2.30. The molecule has 2 amide bonds. The summed E-state index contributed by atoms with van der Waals surface area (Å²) in [5.41, 5.74) is -1.36. The van der Waals surface area contributed by atoms with Gasteiger partial charge >= 0.3 is 12.2 Å². The van der Waals surface area contributed by atoms with E-state index in [0.717, 1.165) is 4.90 Å². The second-order valence-corrected chi connectivity index (χ2v) is 5.75. The van der Waals surface area contributed by atoms with E-state index < -0.39 is 23.4 Å². The van der Waals surface area contributed by atoms with E-state index in [1.54, 1.807) is 34.6 Å². The van der Waals surface area contributed by atoms with Crippen LogP contribution in [0.3, 0.4) is 0 Å². The number of carbonyl (C=O) groups excluding carboxylic acids is 2. The molecule has 0 bridgehead atoms. The lowest BCUT2D eigenvalue weighted by Crippen LogP contribution is -2.44. The normalized spacial score (nSPS) is 11.4. The number of carbonyl (C=O) groups is 2. The predicted molar refractivity (Wildman–Crippen MR) is 72.6 cm³/mol. The summed E-state index contributed by atoms with van der Waals surface area (Å²) in [7, 11) is 0. The Balaban J connectivity index is 4.87. The molecule has 108 valence electrons. The molecule has 0 saturated heterocycles. The van der Waals surface area contributed by atoms with Crippen molar-refractivity contribution >= 4 is 12.2 Å². The van der Waals surface area contributed by atoms with E-state index in [0.29, 0.717) is 6.42 Å². The summed E-state index contributed by atoms with van der Waals surface area (Å²) >= 11 is 0. The van der Waals surface area contributed by atoms with Crippen molar-refractivity contribution in [2.24, 2.45) is 0 Å². The zero-order chi connectivity index (χ0) is 15.3. The summed E-state index contributed by atoms with van der Waals surface area (Å²) in [5, 5.41) is 0. The van der Waals surface area contributed by atoms with Gasteiger partial charge in [0.2, 0.25) is 0 Å². The van der Waals surface area contributed by atoms with Crippen LogP contribution < -0.4 is 0 Å². The van der Waals surface area contributed by atoms with E-state index in [9.17, 15) is 9.59 Å². The molecule has 0 saturated carbocycles. The molecular weight excluding hydrogens is 246 g/mol. The fourth-order valence-corrected chi connectivity index (χ4v) is 0.976. The van der Waals surface area contributed by atoms with E-state index in [-0.39, 0.29) is 6.54 Å². The molecule has 19 heavy (non-hydrogen) atoms. The molecule has 0 unspecified atom stereocenters. The molecule has 0 aromatic carbocycles. The van der Waals surface area contributed by atoms with Gasteiger partial charge in [-0.1, -0.05) is 12.8 Å². The molecule has 0 aromatic heterocycles. The zero-order valence-corrected chi connectivity index (χ0v) is 12.6. The van der Waals surface area contributed by atoms with Gasteiger partial charge in [-0.25, -0.2) is 14.5 Å². The number of hydrogen-bond donors (Lipinski definition) is 0. The van der Waals surface area contributed by atoms with Crippen LogP contribution in [0.2, 0.25) is 0 Å². The molecule has 5 nitrogen and oxygen atoms in total. The van der Waals surface area contributed by atoms with Crippen molar-refractivity contribution in [1.29, 1.82) is 0 Å². The Hall–Kier alpha value is -1.70. The third-order valence-corrected chi connectivity index (χ3v) is 2.30. The van der Waals surface area contributed by atoms with E-state index in [1.165, 1.54) is 0 Å². The first-order chi connectivity index (χ1) is 8.52. The molecule has 0 aromatic rings. The van der Waals surface area contributed by atoms with Gasteiger partial charge in [-0.15, -0.1) is 6.42 Å². The highest BCUT2D eigenvalue weighted by molar-refractivity contribution is 5.88. The number of imide groups is 1. The minimum atomic E-state index is -0.803. The first-order valence-corrected chi connectivity index (χ1v) is 6.19. The third kappa shape index (κ3) is 6.70. The van der Waals surface area contributed by atoms with Gasteiger partial charge in [0.15, 0.2) is 0 Å². The molecular formula is C14H23NO4. The highest BCUT2D eigenvalue weighted by atomic mass is 16.6. The molecule has 0 aliphatic heterocycles. The number of hydrogen-bond acceptors (Lipinski definition) is 4. The summed E-state index contributed by atoms with van der Waals surface area (Å²) in [6.07, 6.45) is 4.18. The van der Waals surface area contributed by atoms with Crippen LogP contribution in [0.15, 0.2) is 0 Å². The summed E-state index contributed by atoms with van der Waals surface area (Å²) in [6.45, 7) is 10.3. The van der Waals surface area contributed by atoms with Crippen molar-refractivity contribution in [3.05, 3.63) is 0 Å². The van der Waals surface area contributed by atoms with Crippen molar-refractivity contribution in [1.82, 2.24) is 4.90 Å². The van der Waals surface area contributed by atoms with Gasteiger partial charge in [0.05, 0.1) is 6.54 Å². The minimum absolute atomic E-state index is 0.187. The van der Waals surface area contributed by atoms with Crippen molar-refractivity contribution in [3.63, 3.8) is 0 Å². The van der Waals surface area contributed by atoms with Crippen LogP contribution in [0.25, 0.3) is 0 Å². The van der Waals surface area contributed by atoms with Crippen molar-refractivity contribution < 1.29 is 19.1 Å². The first-order valence-electron chi connectivity index (χ1n) is 6.19. The number of amides is 2. The van der Waals surface area contributed by atoms with Gasteiger partial charge in [-0.3, -0.25) is 0 Å². The highest BCUT2D eigenvalue weighted by Gasteiger charge is 2.31. The van der Waals surface area contributed by atoms with E-state index in [4.69, 9.17) is 15.9 Å². The number of terminal acetylenes is 1. The number of nitrogens with zero attached hydrogens (tertiary/aromatic N) is 1. The van der Waals surface area contributed by atoms with Crippen LogP contribution >= 0.6 is 0 Å². The largest absolute Gasteiger partial charge is 0.443 e. The molecule has 0 fully saturated rings. The maximum atomic E-state index is 11.9. The SMILES string of the molecule is C#CCN(C(=O)OC(C)(C)C)C(=O)OC(C)(C)CC. The highest BCUT2D eigenvalue weighted by Crippen LogP contribution is 2.17. The Kier molecular flexibility index (Phi) is 5.88. The fourth-order valence-electron chi connectivity index (χ4n) is 0.976. The van der Waals surface area contributed by atoms with Crippen molar-refractivity contribution in [3.8, 4) is 12.3 Å². The second kappa shape index (κ2) is 6.46. The smallest absolute Gasteiger partial charge is 0.420 e. The lowest BCUT2D eigenvalue weighted by molar-refractivity contribution is -0.00308. The first kappa shape index (κ1) is 17.3. The van der Waals surface area contributed by atoms with Crippen molar-refractivity contribution in [2.75, 3.05) is 6.54 Å². The van der Waals surface area contributed by atoms with E-state index in [2.05, 4.69) is 5.92 Å². The summed E-state index contributed by atoms with van der Waals surface area (Å²) in [5.74, 6) is 2.24. The zero-order valence-electron chi connectivity index (χ0n) is 12.6. The summed E-state index contributed by atoms with van der Waals surface area (Å²) in [4.78, 5) is 24.6. The maximum absolute atomic E-state index is 11.9. The predicted octanol–water partition coefficient (Wildman–Crippen LogP) is 3.18. The molecule has 0 aliphatic rings. The topological polar surface area (TPSA) is 55.8 Å². The quantitative estimate of drug-likeness (QED) is 0.738. The molecule has 0 aliphatic carbocycles. The molecule has 0 rings (SSSR count). The van der Waals surface area contributed by atoms with Gasteiger partial charge < -0.3 is 9.47 Å². The van der Waals surface area contributed by atoms with Crippen LogP contribution in [0.5, 0.6) is 0 Å². The summed E-state index contributed by atoms with van der Waals surface area (Å²) in [6, 6.07) is 0. The Labute approximate surface area is 115 Å². The Morgan fingerprint density at radius 2 is 1.58 bits per heavy atom. The van der Waals surface area contributed by atoms with Gasteiger partial charge in [0.25, 0.3) is 0 Å². The monoisotopic (exact) mass is 269 g/mol. The van der Waals surface area contributed by atoms with Crippen LogP contribution in [0.1, 0.15) is 48.0 Å². The maximum Gasteiger partial charge on any atom is 0.420 e. The van der Waals surface area contributed by atoms with Gasteiger partial charge in [-0.2, -0.15) is 0 Å². The number of rotatable bonds is 3. The molecule has 0 heterocycles.